The minimum atomic E-state index is 0.119. The first-order valence-electron chi connectivity index (χ1n) is 11.3. The van der Waals surface area contributed by atoms with Crippen LogP contribution in [0.25, 0.3) is 16.5 Å². The first-order valence-corrected chi connectivity index (χ1v) is 11.3. The number of nitrogens with zero attached hydrogens (tertiary/aromatic N) is 4. The van der Waals surface area contributed by atoms with Crippen molar-refractivity contribution in [1.82, 2.24) is 14.8 Å². The molecule has 3 aromatic rings. The fraction of sp³-hybridized carbons (Fsp3) is 0.500. The van der Waals surface area contributed by atoms with Crippen molar-refractivity contribution >= 4 is 16.6 Å². The highest BCUT2D eigenvalue weighted by Gasteiger charge is 2.24. The van der Waals surface area contributed by atoms with E-state index in [-0.39, 0.29) is 6.73 Å². The summed E-state index contributed by atoms with van der Waals surface area (Å²) < 4.78 is 18.9. The number of morpholine rings is 1. The van der Waals surface area contributed by atoms with E-state index in [9.17, 15) is 0 Å². The predicted octanol–water partition coefficient (Wildman–Crippen LogP) is 3.77. The summed E-state index contributed by atoms with van der Waals surface area (Å²) in [5.74, 6) is 2.64. The zero-order valence-corrected chi connectivity index (χ0v) is 19.4. The molecule has 1 saturated heterocycles. The van der Waals surface area contributed by atoms with Gasteiger partial charge in [-0.2, -0.15) is 5.10 Å². The molecule has 0 bridgehead atoms. The van der Waals surface area contributed by atoms with Crippen LogP contribution in [0.1, 0.15) is 44.0 Å². The molecule has 32 heavy (non-hydrogen) atoms. The van der Waals surface area contributed by atoms with E-state index in [1.54, 1.807) is 7.11 Å². The van der Waals surface area contributed by atoms with E-state index in [0.717, 1.165) is 60.0 Å². The van der Waals surface area contributed by atoms with Crippen molar-refractivity contribution in [2.75, 3.05) is 45.0 Å². The summed E-state index contributed by atoms with van der Waals surface area (Å²) in [5.41, 5.74) is 8.65. The normalized spacial score (nSPS) is 15.2. The number of aromatic nitrogens is 3. The Morgan fingerprint density at radius 1 is 1.22 bits per heavy atom. The Labute approximate surface area is 189 Å². The molecule has 8 heteroatoms. The van der Waals surface area contributed by atoms with Gasteiger partial charge in [0.1, 0.15) is 18.2 Å². The lowest BCUT2D eigenvalue weighted by atomic mass is 9.98. The van der Waals surface area contributed by atoms with Crippen LogP contribution in [0.5, 0.6) is 11.5 Å². The Kier molecular flexibility index (Phi) is 6.81. The SMILES string of the molecule is CCCC(C)c1nnc(N2CCOCC2)c2cn(-c3ccc(OCN)cc3OC)c(C)c12. The van der Waals surface area contributed by atoms with Gasteiger partial charge in [0.05, 0.1) is 31.7 Å². The number of fused-ring (bicyclic) bond motifs is 1. The molecule has 0 aliphatic carbocycles. The highest BCUT2D eigenvalue weighted by Crippen LogP contribution is 2.38. The number of ether oxygens (including phenoxy) is 3. The van der Waals surface area contributed by atoms with Crippen LogP contribution in [0.2, 0.25) is 0 Å². The Bertz CT molecular complexity index is 1080. The van der Waals surface area contributed by atoms with Gasteiger partial charge in [-0.3, -0.25) is 5.73 Å². The second kappa shape index (κ2) is 9.75. The van der Waals surface area contributed by atoms with Crippen LogP contribution < -0.4 is 20.1 Å². The number of aryl methyl sites for hydroxylation is 1. The Morgan fingerprint density at radius 3 is 2.69 bits per heavy atom. The molecule has 1 aliphatic rings. The minimum Gasteiger partial charge on any atom is -0.494 e. The van der Waals surface area contributed by atoms with Crippen LogP contribution in [-0.4, -0.2) is 54.9 Å². The average Bonchev–Trinajstić information content (AvgIpc) is 3.16. The molecule has 2 N–H and O–H groups in total. The van der Waals surface area contributed by atoms with E-state index < -0.39 is 0 Å². The van der Waals surface area contributed by atoms with Gasteiger partial charge < -0.3 is 23.7 Å². The molecule has 0 amide bonds. The van der Waals surface area contributed by atoms with Crippen molar-refractivity contribution in [2.24, 2.45) is 5.73 Å². The fourth-order valence-corrected chi connectivity index (χ4v) is 4.52. The van der Waals surface area contributed by atoms with Gasteiger partial charge in [-0.1, -0.05) is 20.3 Å². The number of nitrogens with two attached hydrogens (primary N) is 1. The van der Waals surface area contributed by atoms with Gasteiger partial charge >= 0.3 is 0 Å². The number of anilines is 1. The maximum atomic E-state index is 5.70. The molecule has 4 rings (SSSR count). The predicted molar refractivity (Wildman–Crippen MR) is 126 cm³/mol. The lowest BCUT2D eigenvalue weighted by molar-refractivity contribution is 0.122. The Hall–Kier alpha value is -2.84. The summed E-state index contributed by atoms with van der Waals surface area (Å²) in [4.78, 5) is 2.27. The summed E-state index contributed by atoms with van der Waals surface area (Å²) in [7, 11) is 1.67. The number of benzene rings is 1. The van der Waals surface area contributed by atoms with E-state index >= 15 is 0 Å². The van der Waals surface area contributed by atoms with Crippen LogP contribution in [0.4, 0.5) is 5.82 Å². The molecule has 1 aliphatic heterocycles. The fourth-order valence-electron chi connectivity index (χ4n) is 4.52. The number of methoxy groups -OCH3 is 1. The summed E-state index contributed by atoms with van der Waals surface area (Å²) >= 11 is 0. The third-order valence-electron chi connectivity index (χ3n) is 6.16. The molecule has 2 aromatic heterocycles. The molecule has 1 aromatic carbocycles. The zero-order chi connectivity index (χ0) is 22.7. The van der Waals surface area contributed by atoms with Gasteiger partial charge in [0.25, 0.3) is 0 Å². The van der Waals surface area contributed by atoms with Crippen molar-refractivity contribution in [3.05, 3.63) is 35.8 Å². The maximum Gasteiger partial charge on any atom is 0.160 e. The molecular formula is C24H33N5O3. The lowest BCUT2D eigenvalue weighted by Crippen LogP contribution is -2.37. The van der Waals surface area contributed by atoms with Gasteiger partial charge in [0, 0.05) is 47.7 Å². The molecule has 172 valence electrons. The highest BCUT2D eigenvalue weighted by atomic mass is 16.5. The Balaban J connectivity index is 1.91. The molecule has 0 spiro atoms. The third kappa shape index (κ3) is 4.12. The van der Waals surface area contributed by atoms with Gasteiger partial charge in [-0.15, -0.1) is 5.10 Å². The molecule has 1 atom stereocenters. The van der Waals surface area contributed by atoms with Crippen LogP contribution in [0, 0.1) is 6.92 Å². The second-order valence-corrected chi connectivity index (χ2v) is 8.22. The molecule has 3 heterocycles. The zero-order valence-electron chi connectivity index (χ0n) is 19.4. The second-order valence-electron chi connectivity index (χ2n) is 8.22. The van der Waals surface area contributed by atoms with E-state index in [2.05, 4.69) is 36.4 Å². The topological polar surface area (TPSA) is 87.7 Å². The van der Waals surface area contributed by atoms with Crippen molar-refractivity contribution in [1.29, 1.82) is 0 Å². The van der Waals surface area contributed by atoms with E-state index in [1.807, 2.05) is 18.2 Å². The molecule has 1 fully saturated rings. The van der Waals surface area contributed by atoms with Gasteiger partial charge in [0.2, 0.25) is 0 Å². The standard InChI is InChI=1S/C24H33N5O3/c1-5-6-16(2)23-22-17(3)29(20-8-7-18(32-15-25)13-21(20)30-4)14-19(22)24(27-26-23)28-9-11-31-12-10-28/h7-8,13-14,16H,5-6,9-12,15,25H2,1-4H3. The summed E-state index contributed by atoms with van der Waals surface area (Å²) in [6.45, 7) is 9.72. The Morgan fingerprint density at radius 2 is 2.00 bits per heavy atom. The van der Waals surface area contributed by atoms with Gasteiger partial charge in [-0.05, 0) is 25.5 Å². The number of hydrogen-bond acceptors (Lipinski definition) is 7. The van der Waals surface area contributed by atoms with Crippen molar-refractivity contribution in [3.63, 3.8) is 0 Å². The molecular weight excluding hydrogens is 406 g/mol. The molecule has 8 nitrogen and oxygen atoms in total. The van der Waals surface area contributed by atoms with Gasteiger partial charge in [-0.25, -0.2) is 0 Å². The first-order chi connectivity index (χ1) is 15.6. The number of rotatable bonds is 8. The third-order valence-corrected chi connectivity index (χ3v) is 6.16. The lowest BCUT2D eigenvalue weighted by Gasteiger charge is -2.28. The van der Waals surface area contributed by atoms with E-state index in [0.29, 0.717) is 24.9 Å². The summed E-state index contributed by atoms with van der Waals surface area (Å²) in [5, 5.41) is 11.7. The van der Waals surface area contributed by atoms with Crippen molar-refractivity contribution in [2.45, 2.75) is 39.5 Å². The van der Waals surface area contributed by atoms with Gasteiger partial charge in [0.15, 0.2) is 5.82 Å². The van der Waals surface area contributed by atoms with Crippen molar-refractivity contribution in [3.8, 4) is 17.2 Å². The summed E-state index contributed by atoms with van der Waals surface area (Å²) in [6, 6.07) is 5.78. The smallest absolute Gasteiger partial charge is 0.160 e. The summed E-state index contributed by atoms with van der Waals surface area (Å²) in [6.07, 6.45) is 4.33. The first kappa shape index (κ1) is 22.4. The van der Waals surface area contributed by atoms with Crippen LogP contribution in [0.3, 0.4) is 0 Å². The van der Waals surface area contributed by atoms with E-state index in [4.69, 9.17) is 30.1 Å². The van der Waals surface area contributed by atoms with Crippen molar-refractivity contribution < 1.29 is 14.2 Å². The van der Waals surface area contributed by atoms with Crippen LogP contribution in [0.15, 0.2) is 24.4 Å². The maximum absolute atomic E-state index is 5.70. The molecule has 0 radical (unpaired) electrons. The van der Waals surface area contributed by atoms with E-state index in [1.165, 1.54) is 5.39 Å². The van der Waals surface area contributed by atoms with Crippen LogP contribution >= 0.6 is 0 Å². The van der Waals surface area contributed by atoms with Crippen LogP contribution in [-0.2, 0) is 4.74 Å². The largest absolute Gasteiger partial charge is 0.494 e. The molecule has 1 unspecified atom stereocenters. The monoisotopic (exact) mass is 439 g/mol. The highest BCUT2D eigenvalue weighted by molar-refractivity contribution is 5.96. The molecule has 0 saturated carbocycles. The quantitative estimate of drug-likeness (QED) is 0.535. The average molecular weight is 440 g/mol. The number of hydrogen-bond donors (Lipinski definition) is 1. The minimum absolute atomic E-state index is 0.119.